The largest absolute Gasteiger partial charge is 0.340 e. The van der Waals surface area contributed by atoms with E-state index in [1.165, 1.54) is 6.92 Å². The quantitative estimate of drug-likeness (QED) is 0.860. The topological polar surface area (TPSA) is 69.7 Å². The monoisotopic (exact) mass is 379 g/mol. The number of piperazine rings is 1. The second-order valence-corrected chi connectivity index (χ2v) is 6.91. The molecule has 1 N–H and O–H groups in total. The highest BCUT2D eigenvalue weighted by molar-refractivity contribution is 5.97. The molecule has 1 aliphatic heterocycles. The molecular formula is C22H25N3O3. The molecule has 0 radical (unpaired) electrons. The van der Waals surface area contributed by atoms with Crippen molar-refractivity contribution in [3.63, 3.8) is 0 Å². The lowest BCUT2D eigenvalue weighted by Crippen LogP contribution is -2.56. The molecule has 1 heterocycles. The predicted molar refractivity (Wildman–Crippen MR) is 107 cm³/mol. The second-order valence-electron chi connectivity index (χ2n) is 6.91. The molecule has 3 amide bonds. The van der Waals surface area contributed by atoms with E-state index >= 15 is 0 Å². The summed E-state index contributed by atoms with van der Waals surface area (Å²) >= 11 is 0. The number of hydrogen-bond donors (Lipinski definition) is 1. The molecule has 3 rings (SSSR count). The van der Waals surface area contributed by atoms with Gasteiger partial charge < -0.3 is 15.1 Å². The zero-order valence-corrected chi connectivity index (χ0v) is 16.0. The molecule has 1 atom stereocenters. The number of nitrogens with one attached hydrogen (secondary N) is 1. The van der Waals surface area contributed by atoms with E-state index in [1.807, 2.05) is 36.4 Å². The van der Waals surface area contributed by atoms with E-state index in [1.54, 1.807) is 34.1 Å². The fourth-order valence-electron chi connectivity index (χ4n) is 3.34. The summed E-state index contributed by atoms with van der Waals surface area (Å²) in [4.78, 5) is 40.8. The lowest BCUT2D eigenvalue weighted by atomic mass is 10.0. The number of carbonyl (C=O) groups excluding carboxylic acids is 3. The highest BCUT2D eigenvalue weighted by atomic mass is 16.2. The molecule has 0 bridgehead atoms. The summed E-state index contributed by atoms with van der Waals surface area (Å²) in [5, 5.41) is 2.90. The number of rotatable bonds is 5. The zero-order valence-electron chi connectivity index (χ0n) is 16.0. The molecule has 0 saturated carbocycles. The van der Waals surface area contributed by atoms with Crippen LogP contribution in [0.2, 0.25) is 0 Å². The van der Waals surface area contributed by atoms with Crippen LogP contribution in [0.25, 0.3) is 0 Å². The van der Waals surface area contributed by atoms with E-state index in [9.17, 15) is 14.4 Å². The number of hydrogen-bond acceptors (Lipinski definition) is 3. The first-order chi connectivity index (χ1) is 13.5. The van der Waals surface area contributed by atoms with Gasteiger partial charge >= 0.3 is 0 Å². The van der Waals surface area contributed by atoms with Crippen molar-refractivity contribution >= 4 is 17.7 Å². The highest BCUT2D eigenvalue weighted by Crippen LogP contribution is 2.10. The molecule has 6 heteroatoms. The van der Waals surface area contributed by atoms with E-state index in [0.717, 1.165) is 5.56 Å². The number of carbonyl (C=O) groups is 3. The van der Waals surface area contributed by atoms with Crippen molar-refractivity contribution in [2.75, 3.05) is 26.2 Å². The van der Waals surface area contributed by atoms with E-state index in [2.05, 4.69) is 5.32 Å². The van der Waals surface area contributed by atoms with Gasteiger partial charge in [0.05, 0.1) is 0 Å². The van der Waals surface area contributed by atoms with Crippen LogP contribution in [0.1, 0.15) is 22.8 Å². The normalized spacial score (nSPS) is 15.0. The Labute approximate surface area is 165 Å². The van der Waals surface area contributed by atoms with Gasteiger partial charge in [0.2, 0.25) is 11.8 Å². The van der Waals surface area contributed by atoms with Crippen LogP contribution in [0.15, 0.2) is 60.7 Å². The standard InChI is InChI=1S/C22H25N3O3/c1-17(26)24-12-14-25(15-13-24)22(28)20(16-18-8-4-2-5-9-18)23-21(27)19-10-6-3-7-11-19/h2-11,20H,12-16H2,1H3,(H,23,27)/t20-/m1/s1. The first kappa shape index (κ1) is 19.6. The van der Waals surface area contributed by atoms with Gasteiger partial charge in [-0.2, -0.15) is 0 Å². The van der Waals surface area contributed by atoms with E-state index in [0.29, 0.717) is 38.2 Å². The Balaban J connectivity index is 1.73. The maximum atomic E-state index is 13.2. The van der Waals surface area contributed by atoms with Gasteiger partial charge in [0, 0.05) is 45.1 Å². The molecule has 1 aliphatic rings. The summed E-state index contributed by atoms with van der Waals surface area (Å²) in [5.41, 5.74) is 1.51. The van der Waals surface area contributed by atoms with Gasteiger partial charge in [-0.15, -0.1) is 0 Å². The molecular weight excluding hydrogens is 354 g/mol. The lowest BCUT2D eigenvalue weighted by molar-refractivity contribution is -0.139. The van der Waals surface area contributed by atoms with Crippen LogP contribution < -0.4 is 5.32 Å². The fraction of sp³-hybridized carbons (Fsp3) is 0.318. The number of amides is 3. The third kappa shape index (κ3) is 4.97. The van der Waals surface area contributed by atoms with Crippen LogP contribution >= 0.6 is 0 Å². The minimum Gasteiger partial charge on any atom is -0.340 e. The third-order valence-corrected chi connectivity index (χ3v) is 4.96. The molecule has 28 heavy (non-hydrogen) atoms. The van der Waals surface area contributed by atoms with Crippen LogP contribution in [-0.2, 0) is 16.0 Å². The minimum atomic E-state index is -0.654. The van der Waals surface area contributed by atoms with Gasteiger partial charge in [0.15, 0.2) is 0 Å². The van der Waals surface area contributed by atoms with E-state index in [-0.39, 0.29) is 17.7 Å². The van der Waals surface area contributed by atoms with E-state index in [4.69, 9.17) is 0 Å². The molecule has 2 aromatic carbocycles. The molecule has 6 nitrogen and oxygen atoms in total. The summed E-state index contributed by atoms with van der Waals surface area (Å²) in [6, 6.07) is 17.9. The van der Waals surface area contributed by atoms with Crippen molar-refractivity contribution in [2.45, 2.75) is 19.4 Å². The van der Waals surface area contributed by atoms with Crippen molar-refractivity contribution in [2.24, 2.45) is 0 Å². The van der Waals surface area contributed by atoms with Crippen LogP contribution in [0.5, 0.6) is 0 Å². The van der Waals surface area contributed by atoms with Gasteiger partial charge in [0.1, 0.15) is 6.04 Å². The van der Waals surface area contributed by atoms with Crippen molar-refractivity contribution in [3.05, 3.63) is 71.8 Å². The molecule has 0 spiro atoms. The smallest absolute Gasteiger partial charge is 0.251 e. The van der Waals surface area contributed by atoms with Crippen molar-refractivity contribution in [3.8, 4) is 0 Å². The Morgan fingerprint density at radius 2 is 1.39 bits per heavy atom. The van der Waals surface area contributed by atoms with Crippen LogP contribution in [-0.4, -0.2) is 59.7 Å². The first-order valence-electron chi connectivity index (χ1n) is 9.49. The fourth-order valence-corrected chi connectivity index (χ4v) is 3.34. The van der Waals surface area contributed by atoms with Crippen molar-refractivity contribution in [1.29, 1.82) is 0 Å². The Hall–Kier alpha value is -3.15. The van der Waals surface area contributed by atoms with Crippen LogP contribution in [0, 0.1) is 0 Å². The first-order valence-corrected chi connectivity index (χ1v) is 9.49. The molecule has 0 unspecified atom stereocenters. The second kappa shape index (κ2) is 9.17. The van der Waals surface area contributed by atoms with Crippen LogP contribution in [0.3, 0.4) is 0 Å². The Kier molecular flexibility index (Phi) is 6.42. The summed E-state index contributed by atoms with van der Waals surface area (Å²) in [6.45, 7) is 3.53. The van der Waals surface area contributed by atoms with Gasteiger partial charge in [-0.3, -0.25) is 14.4 Å². The molecule has 0 aromatic heterocycles. The van der Waals surface area contributed by atoms with E-state index < -0.39 is 6.04 Å². The van der Waals surface area contributed by atoms with Crippen LogP contribution in [0.4, 0.5) is 0 Å². The number of nitrogens with zero attached hydrogens (tertiary/aromatic N) is 2. The molecule has 146 valence electrons. The average Bonchev–Trinajstić information content (AvgIpc) is 2.74. The Morgan fingerprint density at radius 1 is 0.857 bits per heavy atom. The summed E-state index contributed by atoms with van der Waals surface area (Å²) in [6.07, 6.45) is 0.422. The Morgan fingerprint density at radius 3 is 1.96 bits per heavy atom. The predicted octanol–water partition coefficient (Wildman–Crippen LogP) is 1.72. The number of benzene rings is 2. The maximum absolute atomic E-state index is 13.2. The van der Waals surface area contributed by atoms with Crippen molar-refractivity contribution in [1.82, 2.24) is 15.1 Å². The van der Waals surface area contributed by atoms with Gasteiger partial charge in [-0.1, -0.05) is 48.5 Å². The van der Waals surface area contributed by atoms with Gasteiger partial charge in [0.25, 0.3) is 5.91 Å². The summed E-state index contributed by atoms with van der Waals surface area (Å²) < 4.78 is 0. The molecule has 0 aliphatic carbocycles. The molecule has 2 aromatic rings. The molecule has 1 saturated heterocycles. The third-order valence-electron chi connectivity index (χ3n) is 4.96. The zero-order chi connectivity index (χ0) is 19.9. The lowest BCUT2D eigenvalue weighted by Gasteiger charge is -2.36. The van der Waals surface area contributed by atoms with Gasteiger partial charge in [-0.25, -0.2) is 0 Å². The van der Waals surface area contributed by atoms with Crippen molar-refractivity contribution < 1.29 is 14.4 Å². The SMILES string of the molecule is CC(=O)N1CCN(C(=O)[C@@H](Cc2ccccc2)NC(=O)c2ccccc2)CC1. The summed E-state index contributed by atoms with van der Waals surface area (Å²) in [5.74, 6) is -0.362. The average molecular weight is 379 g/mol. The highest BCUT2D eigenvalue weighted by Gasteiger charge is 2.29. The molecule has 1 fully saturated rings. The maximum Gasteiger partial charge on any atom is 0.251 e. The minimum absolute atomic E-state index is 0.0188. The Bertz CT molecular complexity index is 815. The van der Waals surface area contributed by atoms with Gasteiger partial charge in [-0.05, 0) is 17.7 Å². The summed E-state index contributed by atoms with van der Waals surface area (Å²) in [7, 11) is 0.